The molecule has 0 spiro atoms. The summed E-state index contributed by atoms with van der Waals surface area (Å²) < 4.78 is 5.82. The Balaban J connectivity index is 1.58. The van der Waals surface area contributed by atoms with E-state index >= 15 is 0 Å². The van der Waals surface area contributed by atoms with Crippen molar-refractivity contribution in [2.24, 2.45) is 5.92 Å². The monoisotopic (exact) mass is 313 g/mol. The van der Waals surface area contributed by atoms with E-state index in [2.05, 4.69) is 18.0 Å². The van der Waals surface area contributed by atoms with E-state index in [0.717, 1.165) is 19.0 Å². The van der Waals surface area contributed by atoms with Crippen LogP contribution in [0.2, 0.25) is 0 Å². The number of hydrogen-bond donors (Lipinski definition) is 0. The number of nitriles is 1. The van der Waals surface area contributed by atoms with Gasteiger partial charge >= 0.3 is 0 Å². The summed E-state index contributed by atoms with van der Waals surface area (Å²) in [5.74, 6) is 0.843. The van der Waals surface area contributed by atoms with Crippen LogP contribution >= 0.6 is 0 Å². The first kappa shape index (κ1) is 16.0. The van der Waals surface area contributed by atoms with E-state index in [9.17, 15) is 4.79 Å². The maximum atomic E-state index is 12.6. The quantitative estimate of drug-likeness (QED) is 0.831. The van der Waals surface area contributed by atoms with Gasteiger partial charge in [-0.3, -0.25) is 4.79 Å². The van der Waals surface area contributed by atoms with Gasteiger partial charge in [-0.25, -0.2) is 0 Å². The van der Waals surface area contributed by atoms with Gasteiger partial charge in [0.2, 0.25) is 0 Å². The van der Waals surface area contributed by atoms with Crippen LogP contribution in [0.1, 0.15) is 28.8 Å². The van der Waals surface area contributed by atoms with Gasteiger partial charge < -0.3 is 14.5 Å². The lowest BCUT2D eigenvalue weighted by Crippen LogP contribution is -2.49. The number of rotatable bonds is 5. The molecule has 5 nitrogen and oxygen atoms in total. The van der Waals surface area contributed by atoms with Crippen molar-refractivity contribution in [2.75, 3.05) is 39.8 Å². The molecule has 1 aromatic carbocycles. The predicted molar refractivity (Wildman–Crippen MR) is 87.0 cm³/mol. The highest BCUT2D eigenvalue weighted by Crippen LogP contribution is 2.29. The van der Waals surface area contributed by atoms with Crippen LogP contribution in [0.15, 0.2) is 24.3 Å². The number of benzene rings is 1. The summed E-state index contributed by atoms with van der Waals surface area (Å²) >= 11 is 0. The SMILES string of the molecule is CN(CC1CC1)C[C@@H]1CN(C(=O)c2cccc(C#N)c2)CCO1. The molecule has 1 heterocycles. The number of nitrogens with zero attached hydrogens (tertiary/aromatic N) is 3. The molecular weight excluding hydrogens is 290 g/mol. The average molecular weight is 313 g/mol. The molecule has 1 amide bonds. The molecule has 1 saturated carbocycles. The third-order valence-corrected chi connectivity index (χ3v) is 4.45. The number of amides is 1. The average Bonchev–Trinajstić information content (AvgIpc) is 3.38. The molecule has 5 heteroatoms. The molecule has 1 atom stereocenters. The first-order chi connectivity index (χ1) is 11.2. The summed E-state index contributed by atoms with van der Waals surface area (Å²) in [4.78, 5) is 16.8. The molecule has 0 radical (unpaired) electrons. The fourth-order valence-corrected chi connectivity index (χ4v) is 3.08. The molecule has 0 N–H and O–H groups in total. The van der Waals surface area contributed by atoms with Gasteiger partial charge in [0.05, 0.1) is 24.3 Å². The Morgan fingerprint density at radius 1 is 1.43 bits per heavy atom. The normalized spacial score (nSPS) is 21.3. The molecule has 122 valence electrons. The first-order valence-electron chi connectivity index (χ1n) is 8.25. The second-order valence-electron chi connectivity index (χ2n) is 6.60. The standard InChI is InChI=1S/C18H23N3O2/c1-20(11-14-5-6-14)12-17-13-21(7-8-23-17)18(22)16-4-2-3-15(9-16)10-19/h2-4,9,14,17H,5-8,11-13H2,1H3/t17-/m1/s1. The van der Waals surface area contributed by atoms with Crippen molar-refractivity contribution < 1.29 is 9.53 Å². The number of likely N-dealkylation sites (N-methyl/N-ethyl adjacent to an activating group) is 1. The summed E-state index contributed by atoms with van der Waals surface area (Å²) in [5.41, 5.74) is 1.10. The molecule has 0 unspecified atom stereocenters. The number of morpholine rings is 1. The van der Waals surface area contributed by atoms with Crippen molar-refractivity contribution >= 4 is 5.91 Å². The molecule has 0 aromatic heterocycles. The van der Waals surface area contributed by atoms with Crippen molar-refractivity contribution in [3.05, 3.63) is 35.4 Å². The predicted octanol–water partition coefficient (Wildman–Crippen LogP) is 1.74. The Hall–Kier alpha value is -1.90. The highest BCUT2D eigenvalue weighted by molar-refractivity contribution is 5.94. The minimum Gasteiger partial charge on any atom is -0.373 e. The molecular formula is C18H23N3O2. The van der Waals surface area contributed by atoms with Crippen molar-refractivity contribution in [2.45, 2.75) is 18.9 Å². The molecule has 1 aliphatic heterocycles. The van der Waals surface area contributed by atoms with Crippen LogP contribution in [-0.2, 0) is 4.74 Å². The molecule has 1 aromatic rings. The van der Waals surface area contributed by atoms with E-state index in [4.69, 9.17) is 10.00 Å². The number of carbonyl (C=O) groups is 1. The van der Waals surface area contributed by atoms with Crippen LogP contribution < -0.4 is 0 Å². The number of carbonyl (C=O) groups excluding carboxylic acids is 1. The summed E-state index contributed by atoms with van der Waals surface area (Å²) in [6.45, 7) is 3.78. The van der Waals surface area contributed by atoms with E-state index in [1.54, 1.807) is 24.3 Å². The van der Waals surface area contributed by atoms with Crippen molar-refractivity contribution in [3.8, 4) is 6.07 Å². The molecule has 0 bridgehead atoms. The Labute approximate surface area is 137 Å². The van der Waals surface area contributed by atoms with Crippen LogP contribution in [-0.4, -0.2) is 61.6 Å². The Kier molecular flexibility index (Phi) is 4.94. The molecule has 1 saturated heterocycles. The molecule has 1 aliphatic carbocycles. The Bertz CT molecular complexity index is 607. The second kappa shape index (κ2) is 7.12. The van der Waals surface area contributed by atoms with Crippen LogP contribution in [0.4, 0.5) is 0 Å². The maximum absolute atomic E-state index is 12.6. The maximum Gasteiger partial charge on any atom is 0.254 e. The lowest BCUT2D eigenvalue weighted by molar-refractivity contribution is -0.0334. The van der Waals surface area contributed by atoms with Crippen molar-refractivity contribution in [3.63, 3.8) is 0 Å². The molecule has 2 fully saturated rings. The third-order valence-electron chi connectivity index (χ3n) is 4.45. The zero-order valence-electron chi connectivity index (χ0n) is 13.6. The van der Waals surface area contributed by atoms with E-state index in [0.29, 0.717) is 30.8 Å². The van der Waals surface area contributed by atoms with Crippen LogP contribution in [0.25, 0.3) is 0 Å². The highest BCUT2D eigenvalue weighted by Gasteiger charge is 2.28. The number of hydrogen-bond acceptors (Lipinski definition) is 4. The smallest absolute Gasteiger partial charge is 0.254 e. The van der Waals surface area contributed by atoms with Crippen LogP contribution in [0, 0.1) is 17.2 Å². The lowest BCUT2D eigenvalue weighted by atomic mass is 10.1. The minimum absolute atomic E-state index is 0.0137. The van der Waals surface area contributed by atoms with E-state index in [1.807, 2.05) is 4.90 Å². The van der Waals surface area contributed by atoms with E-state index < -0.39 is 0 Å². The zero-order chi connectivity index (χ0) is 16.2. The van der Waals surface area contributed by atoms with Gasteiger partial charge in [0.1, 0.15) is 0 Å². The highest BCUT2D eigenvalue weighted by atomic mass is 16.5. The minimum atomic E-state index is -0.0137. The Morgan fingerprint density at radius 2 is 2.26 bits per heavy atom. The Morgan fingerprint density at radius 3 is 3.00 bits per heavy atom. The second-order valence-corrected chi connectivity index (χ2v) is 6.60. The van der Waals surface area contributed by atoms with Gasteiger partial charge in [0.15, 0.2) is 0 Å². The summed E-state index contributed by atoms with van der Waals surface area (Å²) in [6, 6.07) is 8.98. The van der Waals surface area contributed by atoms with Crippen LogP contribution in [0.5, 0.6) is 0 Å². The third kappa shape index (κ3) is 4.31. The van der Waals surface area contributed by atoms with Crippen LogP contribution in [0.3, 0.4) is 0 Å². The summed E-state index contributed by atoms with van der Waals surface area (Å²) in [6.07, 6.45) is 2.75. The summed E-state index contributed by atoms with van der Waals surface area (Å²) in [5, 5.41) is 8.97. The van der Waals surface area contributed by atoms with Gasteiger partial charge in [-0.2, -0.15) is 5.26 Å². The summed E-state index contributed by atoms with van der Waals surface area (Å²) in [7, 11) is 2.12. The van der Waals surface area contributed by atoms with Gasteiger partial charge in [-0.15, -0.1) is 0 Å². The molecule has 2 aliphatic rings. The van der Waals surface area contributed by atoms with E-state index in [-0.39, 0.29) is 12.0 Å². The topological polar surface area (TPSA) is 56.6 Å². The van der Waals surface area contributed by atoms with E-state index in [1.165, 1.54) is 12.8 Å². The van der Waals surface area contributed by atoms with Crippen molar-refractivity contribution in [1.29, 1.82) is 5.26 Å². The van der Waals surface area contributed by atoms with Crippen molar-refractivity contribution in [1.82, 2.24) is 9.80 Å². The van der Waals surface area contributed by atoms with Gasteiger partial charge in [-0.05, 0) is 44.0 Å². The van der Waals surface area contributed by atoms with Gasteiger partial charge in [0, 0.05) is 31.7 Å². The largest absolute Gasteiger partial charge is 0.373 e. The number of ether oxygens (including phenoxy) is 1. The zero-order valence-corrected chi connectivity index (χ0v) is 13.6. The lowest BCUT2D eigenvalue weighted by Gasteiger charge is -2.35. The van der Waals surface area contributed by atoms with Gasteiger partial charge in [0.25, 0.3) is 5.91 Å². The fourth-order valence-electron chi connectivity index (χ4n) is 3.08. The fraction of sp³-hybridized carbons (Fsp3) is 0.556. The molecule has 23 heavy (non-hydrogen) atoms. The van der Waals surface area contributed by atoms with Gasteiger partial charge in [-0.1, -0.05) is 6.07 Å². The molecule has 3 rings (SSSR count). The first-order valence-corrected chi connectivity index (χ1v) is 8.25.